The molecule has 2 rings (SSSR count). The lowest BCUT2D eigenvalue weighted by Crippen LogP contribution is -2.49. The van der Waals surface area contributed by atoms with E-state index in [1.54, 1.807) is 0 Å². The molecule has 1 aromatic carbocycles. The first-order chi connectivity index (χ1) is 8.89. The Morgan fingerprint density at radius 3 is 2.30 bits per heavy atom. The Bertz CT molecular complexity index is 450. The zero-order valence-corrected chi connectivity index (χ0v) is 12.8. The molecule has 0 radical (unpaired) electrons. The molecule has 114 valence electrons. The minimum absolute atomic E-state index is 0. The Morgan fingerprint density at radius 2 is 1.80 bits per heavy atom. The number of rotatable bonds is 2. The fourth-order valence-electron chi connectivity index (χ4n) is 2.23. The van der Waals surface area contributed by atoms with E-state index in [1.165, 1.54) is 17.0 Å². The molecule has 0 saturated carbocycles. The Morgan fingerprint density at radius 1 is 1.20 bits per heavy atom. The molecule has 2 nitrogen and oxygen atoms in total. The van der Waals surface area contributed by atoms with Gasteiger partial charge in [-0.25, -0.2) is 4.39 Å². The van der Waals surface area contributed by atoms with Crippen LogP contribution in [0.2, 0.25) is 0 Å². The summed E-state index contributed by atoms with van der Waals surface area (Å²) < 4.78 is 53.3. The minimum atomic E-state index is -4.42. The summed E-state index contributed by atoms with van der Waals surface area (Å²) in [5.41, 5.74) is -0.0601. The topological polar surface area (TPSA) is 15.3 Å². The lowest BCUT2D eigenvalue weighted by atomic mass is 10.0. The van der Waals surface area contributed by atoms with Gasteiger partial charge in [0.05, 0.1) is 4.47 Å². The van der Waals surface area contributed by atoms with Gasteiger partial charge in [0, 0.05) is 26.2 Å². The molecule has 0 spiro atoms. The summed E-state index contributed by atoms with van der Waals surface area (Å²) in [5.74, 6) is -0.679. The molecule has 0 aliphatic carbocycles. The normalized spacial score (nSPS) is 18.4. The van der Waals surface area contributed by atoms with Crippen LogP contribution in [0.4, 0.5) is 17.6 Å². The minimum Gasteiger partial charge on any atom is -0.314 e. The molecule has 1 fully saturated rings. The van der Waals surface area contributed by atoms with Crippen molar-refractivity contribution in [3.63, 3.8) is 0 Å². The number of hydrogen-bond donors (Lipinski definition) is 1. The first-order valence-corrected chi connectivity index (χ1v) is 6.65. The van der Waals surface area contributed by atoms with Gasteiger partial charge in [-0.3, -0.25) is 4.90 Å². The van der Waals surface area contributed by atoms with E-state index in [9.17, 15) is 17.6 Å². The first kappa shape index (κ1) is 17.7. The van der Waals surface area contributed by atoms with Gasteiger partial charge in [-0.05, 0) is 33.6 Å². The van der Waals surface area contributed by atoms with Gasteiger partial charge in [0.1, 0.15) is 11.9 Å². The molecule has 1 N–H and O–H groups in total. The van der Waals surface area contributed by atoms with Crippen molar-refractivity contribution in [2.24, 2.45) is 0 Å². The number of nitrogens with one attached hydrogen (secondary N) is 1. The van der Waals surface area contributed by atoms with Crippen LogP contribution in [0.1, 0.15) is 11.6 Å². The lowest BCUT2D eigenvalue weighted by Gasteiger charge is -2.36. The molecule has 8 heteroatoms. The van der Waals surface area contributed by atoms with Crippen LogP contribution >= 0.6 is 28.3 Å². The van der Waals surface area contributed by atoms with Crippen LogP contribution in [0.25, 0.3) is 0 Å². The Hall–Kier alpha value is -0.370. The van der Waals surface area contributed by atoms with Crippen LogP contribution in [0, 0.1) is 5.82 Å². The summed E-state index contributed by atoms with van der Waals surface area (Å²) in [5, 5.41) is 3.00. The van der Waals surface area contributed by atoms with Crippen molar-refractivity contribution in [3.05, 3.63) is 34.1 Å². The Labute approximate surface area is 129 Å². The molecule has 1 atom stereocenters. The number of benzene rings is 1. The Kier molecular flexibility index (Phi) is 6.25. The second-order valence-corrected chi connectivity index (χ2v) is 5.26. The second kappa shape index (κ2) is 7.06. The quantitative estimate of drug-likeness (QED) is 0.794. The first-order valence-electron chi connectivity index (χ1n) is 5.86. The monoisotopic (exact) mass is 376 g/mol. The van der Waals surface area contributed by atoms with Crippen LogP contribution in [0.5, 0.6) is 0 Å². The number of nitrogens with zero attached hydrogens (tertiary/aromatic N) is 1. The van der Waals surface area contributed by atoms with E-state index in [0.717, 1.165) is 6.07 Å². The fraction of sp³-hybridized carbons (Fsp3) is 0.500. The van der Waals surface area contributed by atoms with Crippen molar-refractivity contribution in [1.29, 1.82) is 0 Å². The molecule has 1 aliphatic heterocycles. The van der Waals surface area contributed by atoms with Crippen molar-refractivity contribution in [1.82, 2.24) is 10.2 Å². The molecular formula is C12H14BrClF4N2. The smallest absolute Gasteiger partial charge is 0.314 e. The van der Waals surface area contributed by atoms with Gasteiger partial charge in [-0.15, -0.1) is 12.4 Å². The molecule has 0 amide bonds. The van der Waals surface area contributed by atoms with Gasteiger partial charge >= 0.3 is 6.18 Å². The fourth-order valence-corrected chi connectivity index (χ4v) is 2.48. The van der Waals surface area contributed by atoms with E-state index in [4.69, 9.17) is 0 Å². The van der Waals surface area contributed by atoms with Crippen LogP contribution < -0.4 is 5.32 Å². The van der Waals surface area contributed by atoms with E-state index < -0.39 is 18.0 Å². The summed E-state index contributed by atoms with van der Waals surface area (Å²) in [6, 6.07) is 1.82. The zero-order chi connectivity index (χ0) is 14.0. The maximum Gasteiger partial charge on any atom is 0.408 e. The van der Waals surface area contributed by atoms with Crippen LogP contribution in [-0.4, -0.2) is 37.3 Å². The van der Waals surface area contributed by atoms with Gasteiger partial charge < -0.3 is 5.32 Å². The highest BCUT2D eigenvalue weighted by Gasteiger charge is 2.45. The van der Waals surface area contributed by atoms with Gasteiger partial charge in [-0.1, -0.05) is 6.07 Å². The summed E-state index contributed by atoms with van der Waals surface area (Å²) in [7, 11) is 0. The van der Waals surface area contributed by atoms with Crippen LogP contribution in [0.3, 0.4) is 0 Å². The molecule has 1 heterocycles. The molecule has 1 aromatic rings. The van der Waals surface area contributed by atoms with Crippen LogP contribution in [0.15, 0.2) is 22.7 Å². The highest BCUT2D eigenvalue weighted by molar-refractivity contribution is 9.10. The second-order valence-electron chi connectivity index (χ2n) is 4.40. The van der Waals surface area contributed by atoms with Gasteiger partial charge in [0.2, 0.25) is 0 Å². The van der Waals surface area contributed by atoms with Crippen molar-refractivity contribution in [2.45, 2.75) is 12.2 Å². The average Bonchev–Trinajstić information content (AvgIpc) is 2.34. The molecule has 0 bridgehead atoms. The molecule has 0 aromatic heterocycles. The SMILES string of the molecule is Cl.Fc1cc([C@@H](N2CCNCC2)C(F)(F)F)ccc1Br. The van der Waals surface area contributed by atoms with Gasteiger partial charge in [0.25, 0.3) is 0 Å². The summed E-state index contributed by atoms with van der Waals surface area (Å²) in [6.45, 7) is 1.60. The number of alkyl halides is 3. The standard InChI is InChI=1S/C12H13BrF4N2.ClH/c13-9-2-1-8(7-10(9)14)11(12(15,16)17)19-5-3-18-4-6-19;/h1-2,7,11,18H,3-6H2;1H/t11-;/m1./s1. The average molecular weight is 378 g/mol. The maximum absolute atomic E-state index is 13.4. The van der Waals surface area contributed by atoms with Crippen molar-refractivity contribution >= 4 is 28.3 Å². The lowest BCUT2D eigenvalue weighted by molar-refractivity contribution is -0.187. The third-order valence-corrected chi connectivity index (χ3v) is 3.73. The zero-order valence-electron chi connectivity index (χ0n) is 10.4. The number of piperazine rings is 1. The van der Waals surface area contributed by atoms with Crippen molar-refractivity contribution < 1.29 is 17.6 Å². The number of hydrogen-bond acceptors (Lipinski definition) is 2. The summed E-state index contributed by atoms with van der Waals surface area (Å²) in [4.78, 5) is 1.33. The molecule has 1 aliphatic rings. The molecule has 20 heavy (non-hydrogen) atoms. The Balaban J connectivity index is 0.00000200. The molecular weight excluding hydrogens is 363 g/mol. The molecule has 0 unspecified atom stereocenters. The van der Waals surface area contributed by atoms with E-state index in [0.29, 0.717) is 26.2 Å². The highest BCUT2D eigenvalue weighted by atomic mass is 79.9. The van der Waals surface area contributed by atoms with E-state index >= 15 is 0 Å². The number of halogens is 6. The van der Waals surface area contributed by atoms with E-state index in [1.807, 2.05) is 0 Å². The predicted octanol–water partition coefficient (Wildman–Crippen LogP) is 3.52. The summed E-state index contributed by atoms with van der Waals surface area (Å²) >= 11 is 2.95. The molecule has 1 saturated heterocycles. The maximum atomic E-state index is 13.4. The third-order valence-electron chi connectivity index (χ3n) is 3.09. The van der Waals surface area contributed by atoms with Gasteiger partial charge in [-0.2, -0.15) is 13.2 Å². The van der Waals surface area contributed by atoms with E-state index in [-0.39, 0.29) is 22.4 Å². The van der Waals surface area contributed by atoms with Crippen molar-refractivity contribution in [2.75, 3.05) is 26.2 Å². The van der Waals surface area contributed by atoms with Gasteiger partial charge in [0.15, 0.2) is 0 Å². The van der Waals surface area contributed by atoms with Crippen LogP contribution in [-0.2, 0) is 0 Å². The third kappa shape index (κ3) is 4.07. The van der Waals surface area contributed by atoms with Crippen molar-refractivity contribution in [3.8, 4) is 0 Å². The largest absolute Gasteiger partial charge is 0.408 e. The summed E-state index contributed by atoms with van der Waals surface area (Å²) in [6.07, 6.45) is -4.42. The van der Waals surface area contributed by atoms with E-state index in [2.05, 4.69) is 21.2 Å². The predicted molar refractivity (Wildman–Crippen MR) is 74.6 cm³/mol. The highest BCUT2D eigenvalue weighted by Crippen LogP contribution is 2.38.